The molecule has 4 nitrogen and oxygen atoms in total. The van der Waals surface area contributed by atoms with E-state index in [-0.39, 0.29) is 18.3 Å². The van der Waals surface area contributed by atoms with Crippen LogP contribution in [0.3, 0.4) is 0 Å². The zero-order chi connectivity index (χ0) is 17.3. The van der Waals surface area contributed by atoms with Crippen LogP contribution in [0.5, 0.6) is 0 Å². The van der Waals surface area contributed by atoms with Crippen LogP contribution in [0.15, 0.2) is 30.3 Å². The molecule has 2 aromatic rings. The molecule has 0 radical (unpaired) electrons. The van der Waals surface area contributed by atoms with Gasteiger partial charge in [-0.15, -0.1) is 12.4 Å². The highest BCUT2D eigenvalue weighted by Gasteiger charge is 2.28. The van der Waals surface area contributed by atoms with E-state index in [1.807, 2.05) is 56.1 Å². The standard InChI is InChI=1S/C19H24ClN3O.ClH/c1-13-10-18(19(24)22-9-8-15(12-22)11-21-3)14(2)23(13)17-6-4-16(20)5-7-17;/h4-7,10,15,21H,8-9,11-12H2,1-3H3;1H. The zero-order valence-electron chi connectivity index (χ0n) is 14.9. The number of carbonyl (C=O) groups excluding carboxylic acids is 1. The van der Waals surface area contributed by atoms with Crippen LogP contribution in [-0.4, -0.2) is 42.1 Å². The highest BCUT2D eigenvalue weighted by Crippen LogP contribution is 2.25. The van der Waals surface area contributed by atoms with Crippen LogP contribution in [-0.2, 0) is 0 Å². The second kappa shape index (κ2) is 8.26. The third kappa shape index (κ3) is 4.02. The molecule has 1 aromatic heterocycles. The van der Waals surface area contributed by atoms with Crippen LogP contribution < -0.4 is 5.32 Å². The fourth-order valence-corrected chi connectivity index (χ4v) is 3.74. The van der Waals surface area contributed by atoms with Crippen molar-refractivity contribution in [1.82, 2.24) is 14.8 Å². The number of aryl methyl sites for hydroxylation is 1. The number of nitrogens with zero attached hydrogens (tertiary/aromatic N) is 2. The fraction of sp³-hybridized carbons (Fsp3) is 0.421. The lowest BCUT2D eigenvalue weighted by molar-refractivity contribution is 0.0786. The fourth-order valence-electron chi connectivity index (χ4n) is 3.61. The maximum absolute atomic E-state index is 12.9. The van der Waals surface area contributed by atoms with Gasteiger partial charge in [-0.05, 0) is 70.1 Å². The molecule has 1 aliphatic heterocycles. The molecule has 1 aromatic carbocycles. The number of likely N-dealkylation sites (tertiary alicyclic amines) is 1. The van der Waals surface area contributed by atoms with Crippen molar-refractivity contribution >= 4 is 29.9 Å². The van der Waals surface area contributed by atoms with Crippen LogP contribution in [0.1, 0.15) is 28.2 Å². The Labute approximate surface area is 160 Å². The summed E-state index contributed by atoms with van der Waals surface area (Å²) < 4.78 is 2.12. The molecule has 6 heteroatoms. The molecule has 3 rings (SSSR count). The Morgan fingerprint density at radius 2 is 1.96 bits per heavy atom. The van der Waals surface area contributed by atoms with Crippen LogP contribution in [0.25, 0.3) is 5.69 Å². The number of hydrogen-bond acceptors (Lipinski definition) is 2. The third-order valence-electron chi connectivity index (χ3n) is 4.81. The quantitative estimate of drug-likeness (QED) is 0.872. The van der Waals surface area contributed by atoms with E-state index in [0.29, 0.717) is 10.9 Å². The molecule has 1 amide bonds. The van der Waals surface area contributed by atoms with Crippen molar-refractivity contribution in [2.75, 3.05) is 26.7 Å². The molecule has 1 saturated heterocycles. The van der Waals surface area contributed by atoms with Gasteiger partial charge >= 0.3 is 0 Å². The molecule has 0 saturated carbocycles. The first-order valence-electron chi connectivity index (χ1n) is 8.40. The molecular formula is C19H25Cl2N3O. The topological polar surface area (TPSA) is 37.3 Å². The van der Waals surface area contributed by atoms with Crippen LogP contribution >= 0.6 is 24.0 Å². The van der Waals surface area contributed by atoms with Crippen LogP contribution in [0, 0.1) is 19.8 Å². The van der Waals surface area contributed by atoms with Gasteiger partial charge in [0.1, 0.15) is 0 Å². The molecule has 1 atom stereocenters. The minimum absolute atomic E-state index is 0. The molecule has 0 bridgehead atoms. The highest BCUT2D eigenvalue weighted by molar-refractivity contribution is 6.30. The molecule has 136 valence electrons. The lowest BCUT2D eigenvalue weighted by Crippen LogP contribution is -2.30. The van der Waals surface area contributed by atoms with Crippen molar-refractivity contribution in [1.29, 1.82) is 0 Å². The maximum atomic E-state index is 12.9. The van der Waals surface area contributed by atoms with Gasteiger partial charge in [0.05, 0.1) is 5.56 Å². The zero-order valence-corrected chi connectivity index (χ0v) is 16.5. The second-order valence-electron chi connectivity index (χ2n) is 6.56. The van der Waals surface area contributed by atoms with E-state index >= 15 is 0 Å². The Hall–Kier alpha value is -1.49. The molecule has 1 aliphatic rings. The van der Waals surface area contributed by atoms with Gasteiger partial charge < -0.3 is 14.8 Å². The first kappa shape index (κ1) is 19.8. The maximum Gasteiger partial charge on any atom is 0.255 e. The van der Waals surface area contributed by atoms with Gasteiger partial charge in [0.2, 0.25) is 0 Å². The van der Waals surface area contributed by atoms with Crippen molar-refractivity contribution in [3.8, 4) is 5.69 Å². The predicted octanol–water partition coefficient (Wildman–Crippen LogP) is 3.85. The number of hydrogen-bond donors (Lipinski definition) is 1. The summed E-state index contributed by atoms with van der Waals surface area (Å²) in [5, 5.41) is 3.92. The monoisotopic (exact) mass is 381 g/mol. The SMILES string of the molecule is CNCC1CCN(C(=O)c2cc(C)n(-c3ccc(Cl)cc3)c2C)C1.Cl. The van der Waals surface area contributed by atoms with Crippen molar-refractivity contribution < 1.29 is 4.79 Å². The Morgan fingerprint density at radius 1 is 1.28 bits per heavy atom. The summed E-state index contributed by atoms with van der Waals surface area (Å²) in [6.07, 6.45) is 1.07. The first-order valence-corrected chi connectivity index (χ1v) is 8.77. The van der Waals surface area contributed by atoms with Gasteiger partial charge in [-0.3, -0.25) is 4.79 Å². The van der Waals surface area contributed by atoms with E-state index in [4.69, 9.17) is 11.6 Å². The van der Waals surface area contributed by atoms with Crippen molar-refractivity contribution in [2.45, 2.75) is 20.3 Å². The molecule has 0 aliphatic carbocycles. The number of benzene rings is 1. The van der Waals surface area contributed by atoms with E-state index in [2.05, 4.69) is 9.88 Å². The van der Waals surface area contributed by atoms with Crippen LogP contribution in [0.2, 0.25) is 5.02 Å². The Bertz CT molecular complexity index is 740. The summed E-state index contributed by atoms with van der Waals surface area (Å²) in [5.74, 6) is 0.695. The molecule has 25 heavy (non-hydrogen) atoms. The molecule has 1 N–H and O–H groups in total. The van der Waals surface area contributed by atoms with Gasteiger partial charge in [-0.1, -0.05) is 11.6 Å². The number of nitrogens with one attached hydrogen (secondary N) is 1. The average Bonchev–Trinajstić information content (AvgIpc) is 3.13. The van der Waals surface area contributed by atoms with Gasteiger partial charge in [-0.25, -0.2) is 0 Å². The second-order valence-corrected chi connectivity index (χ2v) is 7.00. The summed E-state index contributed by atoms with van der Waals surface area (Å²) in [6, 6.07) is 9.71. The van der Waals surface area contributed by atoms with E-state index < -0.39 is 0 Å². The number of aromatic nitrogens is 1. The number of rotatable bonds is 4. The van der Waals surface area contributed by atoms with Gasteiger partial charge in [0, 0.05) is 35.2 Å². The smallest absolute Gasteiger partial charge is 0.255 e. The average molecular weight is 382 g/mol. The Balaban J connectivity index is 0.00000225. The largest absolute Gasteiger partial charge is 0.338 e. The predicted molar refractivity (Wildman–Crippen MR) is 105 cm³/mol. The highest BCUT2D eigenvalue weighted by atomic mass is 35.5. The minimum atomic E-state index is 0. The normalized spacial score (nSPS) is 16.8. The van der Waals surface area contributed by atoms with Gasteiger partial charge in [-0.2, -0.15) is 0 Å². The summed E-state index contributed by atoms with van der Waals surface area (Å²) in [6.45, 7) is 6.69. The third-order valence-corrected chi connectivity index (χ3v) is 5.06. The lowest BCUT2D eigenvalue weighted by atomic mass is 10.1. The van der Waals surface area contributed by atoms with Crippen molar-refractivity contribution in [3.63, 3.8) is 0 Å². The summed E-state index contributed by atoms with van der Waals surface area (Å²) in [7, 11) is 1.96. The van der Waals surface area contributed by atoms with Crippen LogP contribution in [0.4, 0.5) is 0 Å². The van der Waals surface area contributed by atoms with Gasteiger partial charge in [0.15, 0.2) is 0 Å². The van der Waals surface area contributed by atoms with E-state index in [0.717, 1.165) is 48.7 Å². The number of carbonyl (C=O) groups is 1. The molecule has 1 unspecified atom stereocenters. The molecule has 0 spiro atoms. The summed E-state index contributed by atoms with van der Waals surface area (Å²) >= 11 is 5.98. The molecule has 1 fully saturated rings. The van der Waals surface area contributed by atoms with Crippen molar-refractivity contribution in [2.24, 2.45) is 5.92 Å². The summed E-state index contributed by atoms with van der Waals surface area (Å²) in [5.41, 5.74) is 3.87. The van der Waals surface area contributed by atoms with E-state index in [1.54, 1.807) is 0 Å². The number of halogens is 2. The number of amides is 1. The Kier molecular flexibility index (Phi) is 6.55. The molecule has 2 heterocycles. The minimum Gasteiger partial charge on any atom is -0.338 e. The lowest BCUT2D eigenvalue weighted by Gasteiger charge is -2.17. The first-order chi connectivity index (χ1) is 11.5. The van der Waals surface area contributed by atoms with Crippen molar-refractivity contribution in [3.05, 3.63) is 52.3 Å². The summed E-state index contributed by atoms with van der Waals surface area (Å²) in [4.78, 5) is 14.9. The Morgan fingerprint density at radius 3 is 2.60 bits per heavy atom. The van der Waals surface area contributed by atoms with E-state index in [1.165, 1.54) is 0 Å². The van der Waals surface area contributed by atoms with E-state index in [9.17, 15) is 4.79 Å². The van der Waals surface area contributed by atoms with Gasteiger partial charge in [0.25, 0.3) is 5.91 Å². The molecular weight excluding hydrogens is 357 g/mol.